The molecule has 0 spiro atoms. The van der Waals surface area contributed by atoms with Gasteiger partial charge in [0.1, 0.15) is 18.3 Å². The van der Waals surface area contributed by atoms with Crippen LogP contribution in [-0.2, 0) is 26.2 Å². The number of nitrogens with zero attached hydrogens (tertiary/aromatic N) is 2. The van der Waals surface area contributed by atoms with Gasteiger partial charge in [-0.1, -0.05) is 67.6 Å². The molecule has 3 aromatic carbocycles. The lowest BCUT2D eigenvalue weighted by Crippen LogP contribution is -2.54. The normalized spacial score (nSPS) is 14.5. The van der Waals surface area contributed by atoms with Crippen molar-refractivity contribution in [1.29, 1.82) is 0 Å². The molecule has 43 heavy (non-hydrogen) atoms. The highest BCUT2D eigenvalue weighted by Gasteiger charge is 2.34. The van der Waals surface area contributed by atoms with E-state index < -0.39 is 28.5 Å². The van der Waals surface area contributed by atoms with E-state index in [0.717, 1.165) is 47.5 Å². The zero-order chi connectivity index (χ0) is 31.0. The third-order valence-electron chi connectivity index (χ3n) is 7.85. The van der Waals surface area contributed by atoms with Crippen LogP contribution in [0.15, 0.2) is 77.7 Å². The number of rotatable bonds is 12. The summed E-state index contributed by atoms with van der Waals surface area (Å²) in [5, 5.41) is 3.56. The smallest absolute Gasteiger partial charge is 0.264 e. The highest BCUT2D eigenvalue weighted by Crippen LogP contribution is 2.27. The third kappa shape index (κ3) is 8.30. The molecule has 8 nitrogen and oxygen atoms in total. The van der Waals surface area contributed by atoms with Crippen LogP contribution in [0.25, 0.3) is 0 Å². The fourth-order valence-electron chi connectivity index (χ4n) is 5.36. The molecule has 10 heteroatoms. The van der Waals surface area contributed by atoms with Crippen LogP contribution < -0.4 is 14.4 Å². The minimum absolute atomic E-state index is 0.00839. The summed E-state index contributed by atoms with van der Waals surface area (Å²) in [4.78, 5) is 29.4. The molecule has 0 bridgehead atoms. The molecule has 0 aliphatic heterocycles. The van der Waals surface area contributed by atoms with E-state index in [1.807, 2.05) is 26.0 Å². The van der Waals surface area contributed by atoms with E-state index in [2.05, 4.69) is 5.32 Å². The molecule has 0 aromatic heterocycles. The van der Waals surface area contributed by atoms with E-state index in [0.29, 0.717) is 22.9 Å². The lowest BCUT2D eigenvalue weighted by Gasteiger charge is -2.34. The van der Waals surface area contributed by atoms with Gasteiger partial charge in [-0.25, -0.2) is 8.42 Å². The first-order valence-electron chi connectivity index (χ1n) is 14.7. The molecule has 1 aliphatic rings. The Labute approximate surface area is 260 Å². The maximum Gasteiger partial charge on any atom is 0.264 e. The summed E-state index contributed by atoms with van der Waals surface area (Å²) in [6.45, 7) is 3.40. The van der Waals surface area contributed by atoms with Crippen molar-refractivity contribution >= 4 is 39.1 Å². The van der Waals surface area contributed by atoms with Gasteiger partial charge >= 0.3 is 0 Å². The van der Waals surface area contributed by atoms with Crippen LogP contribution in [0, 0.1) is 6.92 Å². The predicted molar refractivity (Wildman–Crippen MR) is 170 cm³/mol. The first-order chi connectivity index (χ1) is 20.6. The Balaban J connectivity index is 1.70. The molecule has 3 aromatic rings. The van der Waals surface area contributed by atoms with Gasteiger partial charge in [-0.05, 0) is 80.3 Å². The number of benzene rings is 3. The molecule has 0 saturated heterocycles. The van der Waals surface area contributed by atoms with E-state index in [9.17, 15) is 18.0 Å². The zero-order valence-corrected chi connectivity index (χ0v) is 26.5. The molecule has 230 valence electrons. The van der Waals surface area contributed by atoms with Gasteiger partial charge < -0.3 is 15.0 Å². The molecule has 1 fully saturated rings. The Morgan fingerprint density at radius 1 is 0.953 bits per heavy atom. The summed E-state index contributed by atoms with van der Waals surface area (Å²) in [6, 6.07) is 19.4. The number of halogens is 1. The van der Waals surface area contributed by atoms with Gasteiger partial charge in [-0.2, -0.15) is 0 Å². The second kappa shape index (κ2) is 14.8. The van der Waals surface area contributed by atoms with Crippen LogP contribution in [0.2, 0.25) is 5.02 Å². The molecule has 0 radical (unpaired) electrons. The average Bonchev–Trinajstić information content (AvgIpc) is 3.01. The molecule has 1 saturated carbocycles. The quantitative estimate of drug-likeness (QED) is 0.262. The van der Waals surface area contributed by atoms with Gasteiger partial charge in [0.15, 0.2) is 0 Å². The predicted octanol–water partition coefficient (Wildman–Crippen LogP) is 6.11. The highest BCUT2D eigenvalue weighted by atomic mass is 35.5. The summed E-state index contributed by atoms with van der Waals surface area (Å²) in [6.07, 6.45) is 5.47. The van der Waals surface area contributed by atoms with Gasteiger partial charge in [0, 0.05) is 17.6 Å². The molecule has 2 amide bonds. The molecule has 0 heterocycles. The van der Waals surface area contributed by atoms with Gasteiger partial charge in [0.25, 0.3) is 10.0 Å². The molecule has 1 atom stereocenters. The number of ether oxygens (including phenoxy) is 1. The summed E-state index contributed by atoms with van der Waals surface area (Å²) in [7, 11) is -2.58. The number of nitrogens with one attached hydrogen (secondary N) is 1. The first kappa shape index (κ1) is 32.4. The Morgan fingerprint density at radius 3 is 2.16 bits per heavy atom. The van der Waals surface area contributed by atoms with Crippen LogP contribution in [0.5, 0.6) is 5.75 Å². The number of methoxy groups -OCH3 is 1. The number of hydrogen-bond acceptors (Lipinski definition) is 5. The van der Waals surface area contributed by atoms with Crippen molar-refractivity contribution in [3.05, 3.63) is 88.9 Å². The van der Waals surface area contributed by atoms with Crippen molar-refractivity contribution in [3.63, 3.8) is 0 Å². The van der Waals surface area contributed by atoms with Gasteiger partial charge in [0.05, 0.1) is 17.7 Å². The summed E-state index contributed by atoms with van der Waals surface area (Å²) < 4.78 is 34.3. The minimum atomic E-state index is -4.16. The number of amides is 2. The van der Waals surface area contributed by atoms with Crippen molar-refractivity contribution in [1.82, 2.24) is 10.2 Å². The average molecular weight is 626 g/mol. The highest BCUT2D eigenvalue weighted by molar-refractivity contribution is 7.92. The number of carbonyl (C=O) groups is 2. The number of aryl methyl sites for hydroxylation is 1. The third-order valence-corrected chi connectivity index (χ3v) is 9.89. The van der Waals surface area contributed by atoms with Crippen molar-refractivity contribution in [3.8, 4) is 5.75 Å². The van der Waals surface area contributed by atoms with Gasteiger partial charge in [-0.3, -0.25) is 13.9 Å². The maximum absolute atomic E-state index is 14.2. The fraction of sp³-hybridized carbons (Fsp3) is 0.394. The largest absolute Gasteiger partial charge is 0.497 e. The summed E-state index contributed by atoms with van der Waals surface area (Å²) in [5.74, 6) is -0.0402. The second-order valence-corrected chi connectivity index (χ2v) is 13.2. The number of carbonyl (C=O) groups excluding carboxylic acids is 2. The van der Waals surface area contributed by atoms with Gasteiger partial charge in [-0.15, -0.1) is 0 Å². The fourth-order valence-corrected chi connectivity index (χ4v) is 6.91. The van der Waals surface area contributed by atoms with Crippen LogP contribution in [-0.4, -0.2) is 50.9 Å². The standard InChI is InChI=1S/C33H40ClN3O5S/c1-4-31(33(39)35-27-8-6-5-7-9-27)36(22-25-12-18-29(42-3)19-13-25)32(38)23-37(28-16-10-24(2)11-17-28)43(40,41)30-20-14-26(34)15-21-30/h10-21,27,31H,4-9,22-23H2,1-3H3,(H,35,39). The molecule has 1 aliphatic carbocycles. The van der Waals surface area contributed by atoms with E-state index in [-0.39, 0.29) is 23.4 Å². The Bertz CT molecular complexity index is 1470. The maximum atomic E-state index is 14.2. The Kier molecular flexibility index (Phi) is 11.1. The Morgan fingerprint density at radius 2 is 1.58 bits per heavy atom. The van der Waals surface area contributed by atoms with Gasteiger partial charge in [0.2, 0.25) is 11.8 Å². The minimum Gasteiger partial charge on any atom is -0.497 e. The summed E-state index contributed by atoms with van der Waals surface area (Å²) >= 11 is 6.03. The van der Waals surface area contributed by atoms with E-state index >= 15 is 0 Å². The van der Waals surface area contributed by atoms with Crippen LogP contribution in [0.4, 0.5) is 5.69 Å². The first-order valence-corrected chi connectivity index (χ1v) is 16.5. The van der Waals surface area contributed by atoms with Crippen LogP contribution in [0.3, 0.4) is 0 Å². The topological polar surface area (TPSA) is 96.0 Å². The SMILES string of the molecule is CCC(C(=O)NC1CCCCC1)N(Cc1ccc(OC)cc1)C(=O)CN(c1ccc(C)cc1)S(=O)(=O)c1ccc(Cl)cc1. The molecule has 1 unspecified atom stereocenters. The van der Waals surface area contributed by atoms with Crippen molar-refractivity contribution in [2.45, 2.75) is 75.9 Å². The van der Waals surface area contributed by atoms with Crippen LogP contribution in [0.1, 0.15) is 56.6 Å². The molecule has 1 N–H and O–H groups in total. The lowest BCUT2D eigenvalue weighted by atomic mass is 9.95. The number of sulfonamides is 1. The molecular formula is C33H40ClN3O5S. The number of anilines is 1. The van der Waals surface area contributed by atoms with E-state index in [4.69, 9.17) is 16.3 Å². The second-order valence-electron chi connectivity index (χ2n) is 10.9. The zero-order valence-electron chi connectivity index (χ0n) is 25.0. The van der Waals surface area contributed by atoms with Crippen molar-refractivity contribution in [2.24, 2.45) is 0 Å². The van der Waals surface area contributed by atoms with E-state index in [1.54, 1.807) is 43.5 Å². The van der Waals surface area contributed by atoms with E-state index in [1.165, 1.54) is 29.2 Å². The Hall–Kier alpha value is -3.56. The van der Waals surface area contributed by atoms with Crippen molar-refractivity contribution in [2.75, 3.05) is 18.0 Å². The molecular weight excluding hydrogens is 586 g/mol. The monoisotopic (exact) mass is 625 g/mol. The number of hydrogen-bond donors (Lipinski definition) is 1. The van der Waals surface area contributed by atoms with Crippen molar-refractivity contribution < 1.29 is 22.7 Å². The summed E-state index contributed by atoms with van der Waals surface area (Å²) in [5.41, 5.74) is 2.09. The lowest BCUT2D eigenvalue weighted by molar-refractivity contribution is -0.140. The van der Waals surface area contributed by atoms with Crippen LogP contribution >= 0.6 is 11.6 Å². The molecule has 4 rings (SSSR count).